The van der Waals surface area contributed by atoms with Crippen LogP contribution in [0.4, 0.5) is 0 Å². The highest BCUT2D eigenvalue weighted by Crippen LogP contribution is 2.09. The van der Waals surface area contributed by atoms with Crippen LogP contribution in [0.2, 0.25) is 0 Å². The number of esters is 1. The molecule has 0 saturated heterocycles. The van der Waals surface area contributed by atoms with Crippen LogP contribution >= 0.6 is 0 Å². The van der Waals surface area contributed by atoms with Gasteiger partial charge in [-0.3, -0.25) is 4.79 Å². The van der Waals surface area contributed by atoms with Crippen LogP contribution in [0.5, 0.6) is 0 Å². The maximum absolute atomic E-state index is 11.3. The van der Waals surface area contributed by atoms with E-state index in [1.54, 1.807) is 0 Å². The third-order valence-corrected chi connectivity index (χ3v) is 2.12. The molecule has 0 aliphatic carbocycles. The number of unbranched alkanes of at least 4 members (excludes halogenated alkanes) is 2. The minimum Gasteiger partial charge on any atom is -0.463 e. The van der Waals surface area contributed by atoms with Crippen LogP contribution in [0.25, 0.3) is 0 Å². The first-order chi connectivity index (χ1) is 6.56. The molecule has 0 saturated carbocycles. The minimum atomic E-state index is -0.0519. The molecular formula is C12H24O2. The second-order valence-electron chi connectivity index (χ2n) is 4.39. The standard InChI is InChI=1S/C12H24O2/c1-5-6-7-8-11(4)14-12(13)9-10(2)3/h10-11H,5-9H2,1-4H3. The number of carbonyl (C=O) groups excluding carboxylic acids is 1. The van der Waals surface area contributed by atoms with E-state index >= 15 is 0 Å². The molecule has 2 nitrogen and oxygen atoms in total. The molecule has 0 spiro atoms. The zero-order chi connectivity index (χ0) is 11.0. The van der Waals surface area contributed by atoms with Crippen LogP contribution in [-0.4, -0.2) is 12.1 Å². The van der Waals surface area contributed by atoms with Crippen LogP contribution in [0.1, 0.15) is 59.8 Å². The predicted octanol–water partition coefficient (Wildman–Crippen LogP) is 3.54. The molecule has 0 fully saturated rings. The van der Waals surface area contributed by atoms with E-state index in [2.05, 4.69) is 6.92 Å². The monoisotopic (exact) mass is 200 g/mol. The number of rotatable bonds is 7. The van der Waals surface area contributed by atoms with Crippen molar-refractivity contribution in [1.82, 2.24) is 0 Å². The zero-order valence-corrected chi connectivity index (χ0v) is 10.0. The Balaban J connectivity index is 3.50. The van der Waals surface area contributed by atoms with Crippen LogP contribution in [-0.2, 0) is 9.53 Å². The summed E-state index contributed by atoms with van der Waals surface area (Å²) in [5.41, 5.74) is 0. The maximum Gasteiger partial charge on any atom is 0.306 e. The molecule has 0 N–H and O–H groups in total. The summed E-state index contributed by atoms with van der Waals surface area (Å²) in [6.45, 7) is 8.22. The van der Waals surface area contributed by atoms with Gasteiger partial charge in [-0.2, -0.15) is 0 Å². The van der Waals surface area contributed by atoms with Crippen LogP contribution in [0.15, 0.2) is 0 Å². The van der Waals surface area contributed by atoms with Crippen molar-refractivity contribution in [2.45, 2.75) is 65.9 Å². The Kier molecular flexibility index (Phi) is 7.54. The van der Waals surface area contributed by atoms with E-state index < -0.39 is 0 Å². The Bertz CT molecular complexity index is 152. The van der Waals surface area contributed by atoms with Gasteiger partial charge in [0.2, 0.25) is 0 Å². The fourth-order valence-corrected chi connectivity index (χ4v) is 1.35. The molecule has 1 unspecified atom stereocenters. The average Bonchev–Trinajstić information content (AvgIpc) is 2.02. The molecule has 0 aliphatic heterocycles. The first kappa shape index (κ1) is 13.5. The van der Waals surface area contributed by atoms with Crippen molar-refractivity contribution in [3.05, 3.63) is 0 Å². The molecule has 0 aromatic carbocycles. The Labute approximate surface area is 88.0 Å². The minimum absolute atomic E-state index is 0.0519. The van der Waals surface area contributed by atoms with Crippen molar-refractivity contribution in [1.29, 1.82) is 0 Å². The Hall–Kier alpha value is -0.530. The highest BCUT2D eigenvalue weighted by molar-refractivity contribution is 5.69. The van der Waals surface area contributed by atoms with E-state index in [0.29, 0.717) is 12.3 Å². The molecule has 14 heavy (non-hydrogen) atoms. The van der Waals surface area contributed by atoms with Gasteiger partial charge in [-0.05, 0) is 25.7 Å². The molecule has 0 radical (unpaired) electrons. The van der Waals surface area contributed by atoms with E-state index in [0.717, 1.165) is 12.8 Å². The van der Waals surface area contributed by atoms with E-state index in [-0.39, 0.29) is 12.1 Å². The van der Waals surface area contributed by atoms with Crippen LogP contribution < -0.4 is 0 Å². The van der Waals surface area contributed by atoms with Crippen molar-refractivity contribution in [2.24, 2.45) is 5.92 Å². The summed E-state index contributed by atoms with van der Waals surface area (Å²) >= 11 is 0. The lowest BCUT2D eigenvalue weighted by atomic mass is 10.1. The van der Waals surface area contributed by atoms with E-state index in [4.69, 9.17) is 4.74 Å². The third-order valence-electron chi connectivity index (χ3n) is 2.12. The number of hydrogen-bond acceptors (Lipinski definition) is 2. The summed E-state index contributed by atoms with van der Waals surface area (Å²) < 4.78 is 5.27. The summed E-state index contributed by atoms with van der Waals surface area (Å²) in [6, 6.07) is 0. The van der Waals surface area contributed by atoms with Gasteiger partial charge in [0.1, 0.15) is 0 Å². The fourth-order valence-electron chi connectivity index (χ4n) is 1.35. The van der Waals surface area contributed by atoms with Crippen molar-refractivity contribution in [3.63, 3.8) is 0 Å². The molecule has 0 aliphatic rings. The first-order valence-corrected chi connectivity index (χ1v) is 5.75. The lowest BCUT2D eigenvalue weighted by molar-refractivity contribution is -0.149. The van der Waals surface area contributed by atoms with Gasteiger partial charge in [0, 0.05) is 6.42 Å². The van der Waals surface area contributed by atoms with Gasteiger partial charge in [-0.15, -0.1) is 0 Å². The van der Waals surface area contributed by atoms with Crippen molar-refractivity contribution >= 4 is 5.97 Å². The SMILES string of the molecule is CCCCCC(C)OC(=O)CC(C)C. The zero-order valence-electron chi connectivity index (χ0n) is 10.0. The normalized spacial score (nSPS) is 12.9. The summed E-state index contributed by atoms with van der Waals surface area (Å²) in [5, 5.41) is 0. The second kappa shape index (κ2) is 7.84. The molecule has 0 bridgehead atoms. The van der Waals surface area contributed by atoms with Gasteiger partial charge in [-0.25, -0.2) is 0 Å². The maximum atomic E-state index is 11.3. The topological polar surface area (TPSA) is 26.3 Å². The summed E-state index contributed by atoms with van der Waals surface area (Å²) in [5.74, 6) is 0.342. The molecule has 84 valence electrons. The molecule has 0 rings (SSSR count). The Morgan fingerprint density at radius 3 is 2.36 bits per heavy atom. The van der Waals surface area contributed by atoms with E-state index in [1.807, 2.05) is 20.8 Å². The number of hydrogen-bond donors (Lipinski definition) is 0. The van der Waals surface area contributed by atoms with Crippen molar-refractivity contribution < 1.29 is 9.53 Å². The van der Waals surface area contributed by atoms with E-state index in [9.17, 15) is 4.79 Å². The molecule has 0 aromatic heterocycles. The number of ether oxygens (including phenoxy) is 1. The molecule has 0 amide bonds. The van der Waals surface area contributed by atoms with Gasteiger partial charge in [0.25, 0.3) is 0 Å². The molecule has 2 heteroatoms. The lowest BCUT2D eigenvalue weighted by Crippen LogP contribution is -2.16. The summed E-state index contributed by atoms with van der Waals surface area (Å²) in [7, 11) is 0. The summed E-state index contributed by atoms with van der Waals surface area (Å²) in [6.07, 6.45) is 5.23. The number of carbonyl (C=O) groups is 1. The second-order valence-corrected chi connectivity index (χ2v) is 4.39. The fraction of sp³-hybridized carbons (Fsp3) is 0.917. The third kappa shape index (κ3) is 8.09. The van der Waals surface area contributed by atoms with Gasteiger partial charge in [0.15, 0.2) is 0 Å². The molecule has 0 aromatic rings. The quantitative estimate of drug-likeness (QED) is 0.464. The Morgan fingerprint density at radius 2 is 1.86 bits per heavy atom. The van der Waals surface area contributed by atoms with E-state index in [1.165, 1.54) is 12.8 Å². The molecule has 1 atom stereocenters. The Morgan fingerprint density at radius 1 is 1.21 bits per heavy atom. The van der Waals surface area contributed by atoms with Gasteiger partial charge in [-0.1, -0.05) is 33.6 Å². The molecule has 0 heterocycles. The smallest absolute Gasteiger partial charge is 0.306 e. The van der Waals surface area contributed by atoms with Crippen molar-refractivity contribution in [2.75, 3.05) is 0 Å². The highest BCUT2D eigenvalue weighted by atomic mass is 16.5. The largest absolute Gasteiger partial charge is 0.463 e. The average molecular weight is 200 g/mol. The van der Waals surface area contributed by atoms with Crippen molar-refractivity contribution in [3.8, 4) is 0 Å². The summed E-state index contributed by atoms with van der Waals surface area (Å²) in [4.78, 5) is 11.3. The lowest BCUT2D eigenvalue weighted by Gasteiger charge is -2.13. The van der Waals surface area contributed by atoms with Crippen LogP contribution in [0.3, 0.4) is 0 Å². The van der Waals surface area contributed by atoms with Gasteiger partial charge >= 0.3 is 5.97 Å². The predicted molar refractivity (Wildman–Crippen MR) is 59.2 cm³/mol. The van der Waals surface area contributed by atoms with Crippen LogP contribution in [0, 0.1) is 5.92 Å². The van der Waals surface area contributed by atoms with Gasteiger partial charge < -0.3 is 4.74 Å². The highest BCUT2D eigenvalue weighted by Gasteiger charge is 2.10. The first-order valence-electron chi connectivity index (χ1n) is 5.75. The molecular weight excluding hydrogens is 176 g/mol. The van der Waals surface area contributed by atoms with Gasteiger partial charge in [0.05, 0.1) is 6.10 Å².